The maximum Gasteiger partial charge on any atom is 0.165 e. The van der Waals surface area contributed by atoms with Crippen molar-refractivity contribution in [2.24, 2.45) is 11.7 Å². The summed E-state index contributed by atoms with van der Waals surface area (Å²) in [6.45, 7) is 4.88. The Kier molecular flexibility index (Phi) is 3.84. The Morgan fingerprint density at radius 1 is 1.62 bits per heavy atom. The van der Waals surface area contributed by atoms with E-state index in [1.807, 2.05) is 13.8 Å². The van der Waals surface area contributed by atoms with Crippen molar-refractivity contribution in [1.82, 2.24) is 0 Å². The van der Waals surface area contributed by atoms with Crippen LogP contribution in [-0.4, -0.2) is 37.7 Å². The number of carbonyl (C=O) groups excluding carboxylic acids is 1. The Morgan fingerprint density at radius 3 is 2.77 bits per heavy atom. The van der Waals surface area contributed by atoms with Crippen LogP contribution in [0.3, 0.4) is 0 Å². The molecule has 4 nitrogen and oxygen atoms in total. The first-order valence-electron chi connectivity index (χ1n) is 4.59. The molecule has 0 aromatic rings. The number of hydrogen-bond donors (Lipinski definition) is 1. The van der Waals surface area contributed by atoms with Crippen molar-refractivity contribution in [2.45, 2.75) is 26.0 Å². The second-order valence-electron chi connectivity index (χ2n) is 3.63. The summed E-state index contributed by atoms with van der Waals surface area (Å²) in [6.07, 6.45) is 0.0856. The van der Waals surface area contributed by atoms with Crippen LogP contribution in [0.1, 0.15) is 13.8 Å². The summed E-state index contributed by atoms with van der Waals surface area (Å²) in [7, 11) is 0. The van der Waals surface area contributed by atoms with Crippen molar-refractivity contribution in [2.75, 3.05) is 19.8 Å². The highest BCUT2D eigenvalue weighted by molar-refractivity contribution is 5.83. The van der Waals surface area contributed by atoms with Crippen LogP contribution in [0.15, 0.2) is 0 Å². The van der Waals surface area contributed by atoms with Gasteiger partial charge in [-0.05, 0) is 13.8 Å². The maximum absolute atomic E-state index is 11.5. The lowest BCUT2D eigenvalue weighted by Crippen LogP contribution is -2.36. The fourth-order valence-corrected chi connectivity index (χ4v) is 1.26. The second kappa shape index (κ2) is 4.69. The minimum Gasteiger partial charge on any atom is -0.379 e. The highest BCUT2D eigenvalue weighted by Crippen LogP contribution is 2.12. The van der Waals surface area contributed by atoms with Gasteiger partial charge in [0.05, 0.1) is 25.2 Å². The molecule has 4 heteroatoms. The van der Waals surface area contributed by atoms with Crippen LogP contribution in [0, 0.1) is 5.92 Å². The van der Waals surface area contributed by atoms with Crippen molar-refractivity contribution < 1.29 is 14.3 Å². The SMILES string of the molecule is CC(C)OCC(=O)C1COCC1N. The van der Waals surface area contributed by atoms with Crippen LogP contribution in [0.5, 0.6) is 0 Å². The standard InChI is InChI=1S/C9H17NO3/c1-6(2)13-5-9(11)7-3-12-4-8(7)10/h6-8H,3-5,10H2,1-2H3. The summed E-state index contributed by atoms with van der Waals surface area (Å²) in [5.74, 6) is -0.113. The van der Waals surface area contributed by atoms with Crippen LogP contribution >= 0.6 is 0 Å². The van der Waals surface area contributed by atoms with Gasteiger partial charge in [0.1, 0.15) is 6.61 Å². The van der Waals surface area contributed by atoms with Gasteiger partial charge in [0.25, 0.3) is 0 Å². The average molecular weight is 187 g/mol. The van der Waals surface area contributed by atoms with Gasteiger partial charge < -0.3 is 15.2 Å². The molecule has 13 heavy (non-hydrogen) atoms. The summed E-state index contributed by atoms with van der Waals surface area (Å²) < 4.78 is 10.3. The smallest absolute Gasteiger partial charge is 0.165 e. The van der Waals surface area contributed by atoms with Gasteiger partial charge in [-0.25, -0.2) is 0 Å². The zero-order chi connectivity index (χ0) is 9.84. The molecular weight excluding hydrogens is 170 g/mol. The number of rotatable bonds is 4. The molecule has 1 aliphatic heterocycles. The largest absolute Gasteiger partial charge is 0.379 e. The van der Waals surface area contributed by atoms with E-state index in [1.54, 1.807) is 0 Å². The Balaban J connectivity index is 2.30. The second-order valence-corrected chi connectivity index (χ2v) is 3.63. The van der Waals surface area contributed by atoms with E-state index >= 15 is 0 Å². The zero-order valence-corrected chi connectivity index (χ0v) is 8.16. The van der Waals surface area contributed by atoms with Crippen molar-refractivity contribution in [3.05, 3.63) is 0 Å². The Morgan fingerprint density at radius 2 is 2.31 bits per heavy atom. The maximum atomic E-state index is 11.5. The lowest BCUT2D eigenvalue weighted by Gasteiger charge is -2.13. The molecule has 1 fully saturated rings. The molecule has 0 radical (unpaired) electrons. The van der Waals surface area contributed by atoms with Gasteiger partial charge in [0, 0.05) is 6.04 Å². The molecule has 2 unspecified atom stereocenters. The molecule has 76 valence electrons. The summed E-state index contributed by atoms with van der Waals surface area (Å²) in [4.78, 5) is 11.5. The highest BCUT2D eigenvalue weighted by Gasteiger charge is 2.30. The summed E-state index contributed by atoms with van der Waals surface area (Å²) >= 11 is 0. The van der Waals surface area contributed by atoms with Crippen LogP contribution < -0.4 is 5.73 Å². The van der Waals surface area contributed by atoms with E-state index in [9.17, 15) is 4.79 Å². The van der Waals surface area contributed by atoms with E-state index < -0.39 is 0 Å². The first-order valence-corrected chi connectivity index (χ1v) is 4.59. The quantitative estimate of drug-likeness (QED) is 0.670. The Bertz CT molecular complexity index is 182. The van der Waals surface area contributed by atoms with Crippen molar-refractivity contribution in [3.63, 3.8) is 0 Å². The molecule has 2 atom stereocenters. The molecule has 1 saturated heterocycles. The molecule has 0 spiro atoms. The first-order chi connectivity index (χ1) is 6.11. The first kappa shape index (κ1) is 10.6. The van der Waals surface area contributed by atoms with Crippen LogP contribution in [-0.2, 0) is 14.3 Å². The van der Waals surface area contributed by atoms with E-state index in [0.717, 1.165) is 0 Å². The van der Waals surface area contributed by atoms with Gasteiger partial charge in [0.2, 0.25) is 0 Å². The Labute approximate surface area is 78.4 Å². The molecule has 1 rings (SSSR count). The lowest BCUT2D eigenvalue weighted by atomic mass is 10.00. The topological polar surface area (TPSA) is 61.5 Å². The fraction of sp³-hybridized carbons (Fsp3) is 0.889. The number of nitrogens with two attached hydrogens (primary N) is 1. The predicted molar refractivity (Wildman–Crippen MR) is 48.4 cm³/mol. The van der Waals surface area contributed by atoms with Crippen molar-refractivity contribution >= 4 is 5.78 Å². The molecule has 0 aliphatic carbocycles. The normalized spacial score (nSPS) is 28.3. The average Bonchev–Trinajstić information content (AvgIpc) is 2.47. The van der Waals surface area contributed by atoms with Gasteiger partial charge in [-0.3, -0.25) is 4.79 Å². The molecule has 1 aliphatic rings. The molecule has 2 N–H and O–H groups in total. The van der Waals surface area contributed by atoms with Crippen molar-refractivity contribution in [3.8, 4) is 0 Å². The van der Waals surface area contributed by atoms with Crippen molar-refractivity contribution in [1.29, 1.82) is 0 Å². The molecule has 0 aromatic heterocycles. The monoisotopic (exact) mass is 187 g/mol. The third kappa shape index (κ3) is 3.06. The number of Topliss-reactive ketones (excluding diaryl/α,β-unsaturated/α-hetero) is 1. The van der Waals surface area contributed by atoms with Gasteiger partial charge in [-0.1, -0.05) is 0 Å². The Hall–Kier alpha value is -0.450. The lowest BCUT2D eigenvalue weighted by molar-refractivity contribution is -0.129. The molecule has 0 saturated carbocycles. The molecular formula is C9H17NO3. The van der Waals surface area contributed by atoms with Gasteiger partial charge in [-0.2, -0.15) is 0 Å². The molecule has 0 aromatic carbocycles. The van der Waals surface area contributed by atoms with E-state index in [4.69, 9.17) is 15.2 Å². The minimum atomic E-state index is -0.168. The number of ether oxygens (including phenoxy) is 2. The summed E-state index contributed by atoms with van der Waals surface area (Å²) in [5, 5.41) is 0. The van der Waals surface area contributed by atoms with Crippen LogP contribution in [0.25, 0.3) is 0 Å². The summed E-state index contributed by atoms with van der Waals surface area (Å²) in [6, 6.07) is -0.150. The van der Waals surface area contributed by atoms with Gasteiger partial charge in [0.15, 0.2) is 5.78 Å². The van der Waals surface area contributed by atoms with Gasteiger partial charge >= 0.3 is 0 Å². The fourth-order valence-electron chi connectivity index (χ4n) is 1.26. The van der Waals surface area contributed by atoms with Crippen LogP contribution in [0.2, 0.25) is 0 Å². The van der Waals surface area contributed by atoms with E-state index in [1.165, 1.54) is 0 Å². The molecule has 0 bridgehead atoms. The zero-order valence-electron chi connectivity index (χ0n) is 8.16. The third-order valence-corrected chi connectivity index (χ3v) is 2.10. The van der Waals surface area contributed by atoms with E-state index in [0.29, 0.717) is 13.2 Å². The molecule has 1 heterocycles. The highest BCUT2D eigenvalue weighted by atomic mass is 16.5. The van der Waals surface area contributed by atoms with E-state index in [-0.39, 0.29) is 30.5 Å². The third-order valence-electron chi connectivity index (χ3n) is 2.10. The summed E-state index contributed by atoms with van der Waals surface area (Å²) in [5.41, 5.74) is 5.68. The van der Waals surface area contributed by atoms with Crippen LogP contribution in [0.4, 0.5) is 0 Å². The number of hydrogen-bond acceptors (Lipinski definition) is 4. The number of carbonyl (C=O) groups is 1. The van der Waals surface area contributed by atoms with E-state index in [2.05, 4.69) is 0 Å². The molecule has 0 amide bonds. The minimum absolute atomic E-state index is 0.0544. The predicted octanol–water partition coefficient (Wildman–Crippen LogP) is -0.0458. The number of ketones is 1. The van der Waals surface area contributed by atoms with Gasteiger partial charge in [-0.15, -0.1) is 0 Å².